The van der Waals surface area contributed by atoms with E-state index in [4.69, 9.17) is 10.00 Å². The molecule has 0 saturated carbocycles. The van der Waals surface area contributed by atoms with Gasteiger partial charge in [0.1, 0.15) is 6.42 Å². The third-order valence-corrected chi connectivity index (χ3v) is 4.88. The first-order valence-electron chi connectivity index (χ1n) is 9.97. The summed E-state index contributed by atoms with van der Waals surface area (Å²) in [6, 6.07) is 13.1. The second kappa shape index (κ2) is 10.3. The van der Waals surface area contributed by atoms with E-state index in [9.17, 15) is 19.2 Å². The largest absolute Gasteiger partial charge is 0.385 e. The third kappa shape index (κ3) is 5.17. The number of ether oxygens (including phenoxy) is 1. The van der Waals surface area contributed by atoms with Crippen LogP contribution in [0.4, 0.5) is 5.69 Å². The number of fused-ring (bicyclic) bond motifs is 1. The molecule has 9 heteroatoms. The zero-order valence-corrected chi connectivity index (χ0v) is 17.5. The average molecular weight is 434 g/mol. The molecule has 2 aromatic rings. The Morgan fingerprint density at radius 1 is 1.09 bits per heavy atom. The Morgan fingerprint density at radius 3 is 2.62 bits per heavy atom. The molecule has 3 rings (SSSR count). The lowest BCUT2D eigenvalue weighted by Crippen LogP contribution is -2.31. The van der Waals surface area contributed by atoms with Gasteiger partial charge in [-0.3, -0.25) is 24.1 Å². The van der Waals surface area contributed by atoms with Crippen molar-refractivity contribution in [1.82, 2.24) is 10.2 Å². The Bertz CT molecular complexity index is 1110. The number of nitrogens with zero attached hydrogens (tertiary/aromatic N) is 2. The molecule has 2 N–H and O–H groups in total. The SMILES string of the molecule is COCCCN1C(=O)c2ccc(C(=O)Nc3cccc(CNC(=O)CC#N)c3)cc2C1=O. The van der Waals surface area contributed by atoms with Crippen molar-refractivity contribution in [2.45, 2.75) is 19.4 Å². The Morgan fingerprint density at radius 2 is 1.88 bits per heavy atom. The summed E-state index contributed by atoms with van der Waals surface area (Å²) >= 11 is 0. The average Bonchev–Trinajstić information content (AvgIpc) is 3.02. The zero-order valence-electron chi connectivity index (χ0n) is 17.5. The summed E-state index contributed by atoms with van der Waals surface area (Å²) in [5.74, 6) is -1.61. The minimum atomic E-state index is -0.434. The molecule has 1 aliphatic heterocycles. The first-order chi connectivity index (χ1) is 15.4. The number of nitrogens with one attached hydrogen (secondary N) is 2. The number of hydrogen-bond acceptors (Lipinski definition) is 6. The first-order valence-corrected chi connectivity index (χ1v) is 9.97. The van der Waals surface area contributed by atoms with Crippen molar-refractivity contribution in [3.63, 3.8) is 0 Å². The van der Waals surface area contributed by atoms with Crippen molar-refractivity contribution in [3.05, 3.63) is 64.7 Å². The second-order valence-corrected chi connectivity index (χ2v) is 7.13. The number of carbonyl (C=O) groups is 4. The summed E-state index contributed by atoms with van der Waals surface area (Å²) in [5, 5.41) is 13.9. The maximum atomic E-state index is 12.7. The van der Waals surface area contributed by atoms with E-state index in [-0.39, 0.29) is 48.0 Å². The van der Waals surface area contributed by atoms with Crippen LogP contribution in [0.5, 0.6) is 0 Å². The summed E-state index contributed by atoms with van der Waals surface area (Å²) in [7, 11) is 1.55. The van der Waals surface area contributed by atoms with Gasteiger partial charge in [-0.05, 0) is 42.3 Å². The van der Waals surface area contributed by atoms with Crippen LogP contribution in [0.1, 0.15) is 49.5 Å². The molecular weight excluding hydrogens is 412 g/mol. The Hall–Kier alpha value is -4.03. The highest BCUT2D eigenvalue weighted by molar-refractivity contribution is 6.22. The molecule has 0 bridgehead atoms. The van der Waals surface area contributed by atoms with Crippen LogP contribution in [-0.2, 0) is 16.1 Å². The molecule has 0 radical (unpaired) electrons. The number of carbonyl (C=O) groups excluding carboxylic acids is 4. The van der Waals surface area contributed by atoms with Gasteiger partial charge in [0.2, 0.25) is 5.91 Å². The molecule has 0 fully saturated rings. The van der Waals surface area contributed by atoms with E-state index in [1.54, 1.807) is 37.4 Å². The zero-order chi connectivity index (χ0) is 23.1. The second-order valence-electron chi connectivity index (χ2n) is 7.13. The molecule has 32 heavy (non-hydrogen) atoms. The maximum absolute atomic E-state index is 12.7. The van der Waals surface area contributed by atoms with Crippen LogP contribution in [-0.4, -0.2) is 48.8 Å². The van der Waals surface area contributed by atoms with Crippen LogP contribution in [0.3, 0.4) is 0 Å². The Balaban J connectivity index is 1.68. The minimum absolute atomic E-state index is 0.203. The summed E-state index contributed by atoms with van der Waals surface area (Å²) in [5.41, 5.74) is 1.98. The van der Waals surface area contributed by atoms with Gasteiger partial charge in [-0.1, -0.05) is 12.1 Å². The van der Waals surface area contributed by atoms with E-state index in [2.05, 4.69) is 10.6 Å². The minimum Gasteiger partial charge on any atom is -0.385 e. The summed E-state index contributed by atoms with van der Waals surface area (Å²) in [4.78, 5) is 50.4. The lowest BCUT2D eigenvalue weighted by atomic mass is 10.1. The van der Waals surface area contributed by atoms with Gasteiger partial charge >= 0.3 is 0 Å². The molecular formula is C23H22N4O5. The lowest BCUT2D eigenvalue weighted by Gasteiger charge is -2.12. The van der Waals surface area contributed by atoms with Gasteiger partial charge in [0.25, 0.3) is 17.7 Å². The molecule has 2 aromatic carbocycles. The van der Waals surface area contributed by atoms with E-state index in [0.717, 1.165) is 10.5 Å². The molecule has 9 nitrogen and oxygen atoms in total. The summed E-state index contributed by atoms with van der Waals surface area (Å²) < 4.78 is 4.97. The summed E-state index contributed by atoms with van der Waals surface area (Å²) in [6.45, 7) is 0.903. The van der Waals surface area contributed by atoms with Crippen molar-refractivity contribution < 1.29 is 23.9 Å². The highest BCUT2D eigenvalue weighted by atomic mass is 16.5. The maximum Gasteiger partial charge on any atom is 0.261 e. The van der Waals surface area contributed by atoms with Crippen LogP contribution in [0.2, 0.25) is 0 Å². The topological polar surface area (TPSA) is 129 Å². The third-order valence-electron chi connectivity index (χ3n) is 4.88. The van der Waals surface area contributed by atoms with Gasteiger partial charge in [0.15, 0.2) is 0 Å². The Labute approximate surface area is 185 Å². The number of hydrogen-bond donors (Lipinski definition) is 2. The van der Waals surface area contributed by atoms with Crippen LogP contribution < -0.4 is 10.6 Å². The smallest absolute Gasteiger partial charge is 0.261 e. The lowest BCUT2D eigenvalue weighted by molar-refractivity contribution is -0.120. The van der Waals surface area contributed by atoms with Gasteiger partial charge in [0.05, 0.1) is 17.2 Å². The molecule has 0 saturated heterocycles. The number of methoxy groups -OCH3 is 1. The van der Waals surface area contributed by atoms with E-state index >= 15 is 0 Å². The van der Waals surface area contributed by atoms with Crippen molar-refractivity contribution >= 4 is 29.3 Å². The van der Waals surface area contributed by atoms with Crippen molar-refractivity contribution in [2.75, 3.05) is 25.6 Å². The van der Waals surface area contributed by atoms with E-state index in [0.29, 0.717) is 18.7 Å². The molecule has 4 amide bonds. The highest BCUT2D eigenvalue weighted by Gasteiger charge is 2.35. The molecule has 164 valence electrons. The van der Waals surface area contributed by atoms with Gasteiger partial charge < -0.3 is 15.4 Å². The molecule has 0 atom stereocenters. The molecule has 0 spiro atoms. The standard InChI is InChI=1S/C23H22N4O5/c1-32-11-3-10-27-22(30)18-7-6-16(13-19(18)23(27)31)21(29)26-17-5-2-4-15(12-17)14-25-20(28)8-9-24/h2,4-7,12-13H,3,8,10-11,14H2,1H3,(H,25,28)(H,26,29). The fourth-order valence-corrected chi connectivity index (χ4v) is 3.30. The van der Waals surface area contributed by atoms with Gasteiger partial charge in [-0.25, -0.2) is 0 Å². The van der Waals surface area contributed by atoms with Crippen molar-refractivity contribution in [3.8, 4) is 6.07 Å². The number of imide groups is 1. The molecule has 1 heterocycles. The van der Waals surface area contributed by atoms with Gasteiger partial charge in [-0.15, -0.1) is 0 Å². The quantitative estimate of drug-likeness (QED) is 0.459. The van der Waals surface area contributed by atoms with E-state index in [1.165, 1.54) is 18.2 Å². The van der Waals surface area contributed by atoms with Crippen LogP contribution in [0.15, 0.2) is 42.5 Å². The number of amides is 4. The van der Waals surface area contributed by atoms with Gasteiger partial charge in [-0.2, -0.15) is 5.26 Å². The number of nitriles is 1. The molecule has 0 aliphatic carbocycles. The predicted octanol–water partition coefficient (Wildman–Crippen LogP) is 2.10. The molecule has 0 unspecified atom stereocenters. The van der Waals surface area contributed by atoms with Crippen LogP contribution in [0, 0.1) is 11.3 Å². The number of benzene rings is 2. The van der Waals surface area contributed by atoms with E-state index in [1.807, 2.05) is 0 Å². The fraction of sp³-hybridized carbons (Fsp3) is 0.261. The number of rotatable bonds is 9. The monoisotopic (exact) mass is 434 g/mol. The van der Waals surface area contributed by atoms with Crippen molar-refractivity contribution in [1.29, 1.82) is 5.26 Å². The van der Waals surface area contributed by atoms with Crippen LogP contribution in [0.25, 0.3) is 0 Å². The molecule has 1 aliphatic rings. The predicted molar refractivity (Wildman–Crippen MR) is 115 cm³/mol. The van der Waals surface area contributed by atoms with Crippen LogP contribution >= 0.6 is 0 Å². The summed E-state index contributed by atoms with van der Waals surface area (Å²) in [6.07, 6.45) is 0.308. The fourth-order valence-electron chi connectivity index (χ4n) is 3.30. The normalized spacial score (nSPS) is 12.3. The van der Waals surface area contributed by atoms with Crippen molar-refractivity contribution in [2.24, 2.45) is 0 Å². The number of anilines is 1. The van der Waals surface area contributed by atoms with Gasteiger partial charge in [0, 0.05) is 38.1 Å². The first kappa shape index (κ1) is 22.7. The highest BCUT2D eigenvalue weighted by Crippen LogP contribution is 2.25. The van der Waals surface area contributed by atoms with E-state index < -0.39 is 11.8 Å². The Kier molecular flexibility index (Phi) is 7.31. The molecule has 0 aromatic heterocycles.